The second-order valence-corrected chi connectivity index (χ2v) is 7.91. The lowest BCUT2D eigenvalue weighted by atomic mass is 9.83. The summed E-state index contributed by atoms with van der Waals surface area (Å²) in [6.07, 6.45) is 8.21. The van der Waals surface area contributed by atoms with Crippen LogP contribution in [0.1, 0.15) is 64.2 Å². The number of hydrogen-bond acceptors (Lipinski definition) is 5. The molecule has 3 aliphatic rings. The molecule has 0 saturated heterocycles. The van der Waals surface area contributed by atoms with E-state index < -0.39 is 5.97 Å². The van der Waals surface area contributed by atoms with Gasteiger partial charge < -0.3 is 15.3 Å². The normalized spacial score (nSPS) is 30.2. The molecule has 0 heterocycles. The Labute approximate surface area is 149 Å². The first-order valence-corrected chi connectivity index (χ1v) is 9.74. The summed E-state index contributed by atoms with van der Waals surface area (Å²) < 4.78 is 0. The van der Waals surface area contributed by atoms with Crippen LogP contribution in [0, 0.1) is 17.8 Å². The smallest absolute Gasteiger partial charge is 0.303 e. The lowest BCUT2D eigenvalue weighted by molar-refractivity contribution is -0.137. The van der Waals surface area contributed by atoms with Gasteiger partial charge in [0.2, 0.25) is 0 Å². The number of aliphatic carboxylic acids is 1. The lowest BCUT2D eigenvalue weighted by Gasteiger charge is -2.30. The zero-order valence-corrected chi connectivity index (χ0v) is 14.8. The molecule has 0 aromatic rings. The average Bonchev–Trinajstić information content (AvgIpc) is 3.17. The highest BCUT2D eigenvalue weighted by Gasteiger charge is 2.45. The Balaban J connectivity index is 1.39. The Morgan fingerprint density at radius 2 is 2.04 bits per heavy atom. The Morgan fingerprint density at radius 1 is 1.28 bits per heavy atom. The first-order chi connectivity index (χ1) is 12.1. The van der Waals surface area contributed by atoms with Gasteiger partial charge >= 0.3 is 5.97 Å². The SMILES string of the molecule is O=C(O)CCCONC1=C2CC(CCC(O)C3CCCC3)C(O)C2C1. The van der Waals surface area contributed by atoms with Gasteiger partial charge in [-0.25, -0.2) is 0 Å². The number of carbonyl (C=O) groups is 1. The number of carboxylic acids is 1. The highest BCUT2D eigenvalue weighted by molar-refractivity contribution is 5.66. The quantitative estimate of drug-likeness (QED) is 0.355. The van der Waals surface area contributed by atoms with E-state index in [9.17, 15) is 15.0 Å². The van der Waals surface area contributed by atoms with Gasteiger partial charge in [-0.1, -0.05) is 12.8 Å². The van der Waals surface area contributed by atoms with Gasteiger partial charge in [-0.05, 0) is 62.4 Å². The number of carboxylic acid groups (broad SMARTS) is 1. The molecule has 0 bridgehead atoms. The average molecular weight is 353 g/mol. The molecule has 0 amide bonds. The second kappa shape index (κ2) is 8.52. The van der Waals surface area contributed by atoms with E-state index in [1.807, 2.05) is 0 Å². The van der Waals surface area contributed by atoms with E-state index in [1.165, 1.54) is 18.4 Å². The molecular formula is C19H31NO5. The summed E-state index contributed by atoms with van der Waals surface area (Å²) in [5.74, 6) is 0.128. The molecule has 2 fully saturated rings. The zero-order chi connectivity index (χ0) is 17.8. The minimum Gasteiger partial charge on any atom is -0.481 e. The highest BCUT2D eigenvalue weighted by Crippen LogP contribution is 2.49. The molecule has 3 rings (SSSR count). The third-order valence-electron chi connectivity index (χ3n) is 6.25. The molecule has 2 saturated carbocycles. The molecule has 4 unspecified atom stereocenters. The van der Waals surface area contributed by atoms with Gasteiger partial charge in [-0.15, -0.1) is 0 Å². The molecule has 4 atom stereocenters. The molecule has 25 heavy (non-hydrogen) atoms. The van der Waals surface area contributed by atoms with E-state index in [0.29, 0.717) is 18.9 Å². The molecule has 142 valence electrons. The highest BCUT2D eigenvalue weighted by atomic mass is 16.6. The number of fused-ring (bicyclic) bond motifs is 1. The lowest BCUT2D eigenvalue weighted by Crippen LogP contribution is -2.32. The van der Waals surface area contributed by atoms with Gasteiger partial charge in [0.25, 0.3) is 0 Å². The topological polar surface area (TPSA) is 99.0 Å². The minimum atomic E-state index is -0.809. The molecule has 0 spiro atoms. The number of aliphatic hydroxyl groups excluding tert-OH is 2. The van der Waals surface area contributed by atoms with E-state index in [1.54, 1.807) is 0 Å². The molecule has 0 aromatic heterocycles. The first kappa shape index (κ1) is 18.7. The maximum absolute atomic E-state index is 10.5. The molecule has 0 aromatic carbocycles. The fraction of sp³-hybridized carbons (Fsp3) is 0.842. The third kappa shape index (κ3) is 4.54. The number of hydroxylamine groups is 1. The van der Waals surface area contributed by atoms with Crippen LogP contribution in [0.3, 0.4) is 0 Å². The molecule has 6 nitrogen and oxygen atoms in total. The van der Waals surface area contributed by atoms with E-state index in [0.717, 1.165) is 44.2 Å². The molecule has 6 heteroatoms. The standard InChI is InChI=1S/C19H31NO5/c21-17(12-4-1-2-5-12)8-7-13-10-14-15(19(13)24)11-16(14)20-25-9-3-6-18(22)23/h12-13,15,17,19-21,24H,1-11H2,(H,22,23). The van der Waals surface area contributed by atoms with Gasteiger partial charge in [-0.2, -0.15) is 0 Å². The summed E-state index contributed by atoms with van der Waals surface area (Å²) in [7, 11) is 0. The van der Waals surface area contributed by atoms with Crippen molar-refractivity contribution in [3.05, 3.63) is 11.3 Å². The van der Waals surface area contributed by atoms with Gasteiger partial charge in [-0.3, -0.25) is 15.1 Å². The predicted molar refractivity (Wildman–Crippen MR) is 92.4 cm³/mol. The van der Waals surface area contributed by atoms with Crippen molar-refractivity contribution < 1.29 is 25.0 Å². The predicted octanol–water partition coefficient (Wildman–Crippen LogP) is 2.36. The van der Waals surface area contributed by atoms with Crippen LogP contribution in [0.2, 0.25) is 0 Å². The Morgan fingerprint density at radius 3 is 2.76 bits per heavy atom. The third-order valence-corrected chi connectivity index (χ3v) is 6.25. The Kier molecular flexibility index (Phi) is 6.36. The van der Waals surface area contributed by atoms with Crippen LogP contribution in [0.5, 0.6) is 0 Å². The summed E-state index contributed by atoms with van der Waals surface area (Å²) in [4.78, 5) is 15.8. The second-order valence-electron chi connectivity index (χ2n) is 7.91. The summed E-state index contributed by atoms with van der Waals surface area (Å²) in [6, 6.07) is 0. The van der Waals surface area contributed by atoms with Crippen LogP contribution in [-0.4, -0.2) is 40.1 Å². The molecular weight excluding hydrogens is 322 g/mol. The number of aliphatic hydroxyl groups is 2. The van der Waals surface area contributed by atoms with E-state index in [2.05, 4.69) is 5.48 Å². The summed E-state index contributed by atoms with van der Waals surface area (Å²) in [5.41, 5.74) is 5.25. The van der Waals surface area contributed by atoms with E-state index >= 15 is 0 Å². The van der Waals surface area contributed by atoms with Crippen molar-refractivity contribution in [1.29, 1.82) is 0 Å². The number of allylic oxidation sites excluding steroid dienone is 1. The van der Waals surface area contributed by atoms with Crippen molar-refractivity contribution in [3.63, 3.8) is 0 Å². The largest absolute Gasteiger partial charge is 0.481 e. The van der Waals surface area contributed by atoms with Crippen LogP contribution in [-0.2, 0) is 9.63 Å². The van der Waals surface area contributed by atoms with E-state index in [4.69, 9.17) is 9.94 Å². The summed E-state index contributed by atoms with van der Waals surface area (Å²) >= 11 is 0. The summed E-state index contributed by atoms with van der Waals surface area (Å²) in [6.45, 7) is 0.368. The number of hydrogen-bond donors (Lipinski definition) is 4. The van der Waals surface area contributed by atoms with Gasteiger partial charge in [0.1, 0.15) is 0 Å². The van der Waals surface area contributed by atoms with Gasteiger partial charge in [0.15, 0.2) is 0 Å². The van der Waals surface area contributed by atoms with Gasteiger partial charge in [0.05, 0.1) is 18.8 Å². The van der Waals surface area contributed by atoms with Crippen LogP contribution < -0.4 is 5.48 Å². The molecule has 4 N–H and O–H groups in total. The number of rotatable bonds is 10. The van der Waals surface area contributed by atoms with Crippen molar-refractivity contribution in [3.8, 4) is 0 Å². The monoisotopic (exact) mass is 353 g/mol. The van der Waals surface area contributed by atoms with Crippen LogP contribution in [0.4, 0.5) is 0 Å². The Bertz CT molecular complexity index is 500. The van der Waals surface area contributed by atoms with Crippen LogP contribution >= 0.6 is 0 Å². The summed E-state index contributed by atoms with van der Waals surface area (Å²) in [5, 5.41) is 29.4. The van der Waals surface area contributed by atoms with Crippen LogP contribution in [0.15, 0.2) is 11.3 Å². The van der Waals surface area contributed by atoms with Crippen molar-refractivity contribution in [1.82, 2.24) is 5.48 Å². The van der Waals surface area contributed by atoms with Crippen molar-refractivity contribution in [2.75, 3.05) is 6.61 Å². The maximum Gasteiger partial charge on any atom is 0.303 e. The number of nitrogens with one attached hydrogen (secondary N) is 1. The zero-order valence-electron chi connectivity index (χ0n) is 14.8. The fourth-order valence-electron chi connectivity index (χ4n) is 4.68. The Hall–Kier alpha value is -1.11. The van der Waals surface area contributed by atoms with Crippen LogP contribution in [0.25, 0.3) is 0 Å². The van der Waals surface area contributed by atoms with Gasteiger partial charge in [0, 0.05) is 18.0 Å². The van der Waals surface area contributed by atoms with Crippen molar-refractivity contribution in [2.24, 2.45) is 17.8 Å². The maximum atomic E-state index is 10.5. The molecule has 0 radical (unpaired) electrons. The fourth-order valence-corrected chi connectivity index (χ4v) is 4.68. The molecule has 0 aliphatic heterocycles. The first-order valence-electron chi connectivity index (χ1n) is 9.74. The molecule has 3 aliphatic carbocycles. The minimum absolute atomic E-state index is 0.111. The van der Waals surface area contributed by atoms with Crippen molar-refractivity contribution >= 4 is 5.97 Å². The van der Waals surface area contributed by atoms with Crippen molar-refractivity contribution in [2.45, 2.75) is 76.4 Å². The van der Waals surface area contributed by atoms with E-state index in [-0.39, 0.29) is 30.5 Å².